The summed E-state index contributed by atoms with van der Waals surface area (Å²) in [4.78, 5) is 9.05. The molecule has 1 heterocycles. The van der Waals surface area contributed by atoms with Gasteiger partial charge in [-0.25, -0.2) is 4.98 Å². The first-order chi connectivity index (χ1) is 11.6. The summed E-state index contributed by atoms with van der Waals surface area (Å²) in [5.41, 5.74) is 3.16. The number of hydrogen-bond donors (Lipinski definition) is 0. The van der Waals surface area contributed by atoms with Gasteiger partial charge in [-0.05, 0) is 43.2 Å². The molecule has 0 bridgehead atoms. The number of rotatable bonds is 5. The van der Waals surface area contributed by atoms with E-state index in [1.54, 1.807) is 0 Å². The van der Waals surface area contributed by atoms with Crippen molar-refractivity contribution >= 4 is 15.9 Å². The van der Waals surface area contributed by atoms with Gasteiger partial charge < -0.3 is 4.74 Å². The molecule has 122 valence electrons. The molecule has 0 aliphatic carbocycles. The molecular weight excluding hydrogens is 364 g/mol. The minimum atomic E-state index is 0.559. The van der Waals surface area contributed by atoms with Gasteiger partial charge in [-0.2, -0.15) is 4.98 Å². The molecule has 0 spiro atoms. The highest BCUT2D eigenvalue weighted by molar-refractivity contribution is 9.10. The molecule has 0 saturated carbocycles. The zero-order valence-corrected chi connectivity index (χ0v) is 15.4. The highest BCUT2D eigenvalue weighted by Crippen LogP contribution is 2.25. The van der Waals surface area contributed by atoms with Crippen LogP contribution >= 0.6 is 15.9 Å². The Morgan fingerprint density at radius 3 is 2.33 bits per heavy atom. The summed E-state index contributed by atoms with van der Waals surface area (Å²) in [6, 6.07) is 18.0. The lowest BCUT2D eigenvalue weighted by molar-refractivity contribution is 0.461. The van der Waals surface area contributed by atoms with E-state index >= 15 is 0 Å². The fourth-order valence-electron chi connectivity index (χ4n) is 2.45. The first kappa shape index (κ1) is 16.7. The van der Waals surface area contributed by atoms with Gasteiger partial charge in [0.2, 0.25) is 5.88 Å². The van der Waals surface area contributed by atoms with Crippen LogP contribution in [0.5, 0.6) is 11.6 Å². The summed E-state index contributed by atoms with van der Waals surface area (Å²) in [5.74, 6) is 2.01. The van der Waals surface area contributed by atoms with Gasteiger partial charge in [-0.3, -0.25) is 0 Å². The zero-order valence-electron chi connectivity index (χ0n) is 13.8. The minimum absolute atomic E-state index is 0.559. The predicted molar refractivity (Wildman–Crippen MR) is 100 cm³/mol. The van der Waals surface area contributed by atoms with Crippen LogP contribution < -0.4 is 4.74 Å². The van der Waals surface area contributed by atoms with Crippen LogP contribution in [-0.2, 0) is 6.42 Å². The van der Waals surface area contributed by atoms with Crippen LogP contribution in [-0.4, -0.2) is 9.97 Å². The molecule has 3 rings (SSSR count). The lowest BCUT2D eigenvalue weighted by Crippen LogP contribution is -1.96. The second-order valence-corrected chi connectivity index (χ2v) is 6.59. The van der Waals surface area contributed by atoms with Crippen molar-refractivity contribution in [1.29, 1.82) is 0 Å². The van der Waals surface area contributed by atoms with Crippen molar-refractivity contribution in [2.45, 2.75) is 26.7 Å². The van der Waals surface area contributed by atoms with Crippen LogP contribution in [0.1, 0.15) is 24.6 Å². The van der Waals surface area contributed by atoms with E-state index < -0.39 is 0 Å². The second-order valence-electron chi connectivity index (χ2n) is 5.67. The lowest BCUT2D eigenvalue weighted by Gasteiger charge is -2.09. The van der Waals surface area contributed by atoms with E-state index in [2.05, 4.69) is 45.0 Å². The highest BCUT2D eigenvalue weighted by Gasteiger charge is 2.07. The highest BCUT2D eigenvalue weighted by atomic mass is 79.9. The van der Waals surface area contributed by atoms with Crippen molar-refractivity contribution in [2.75, 3.05) is 0 Å². The predicted octanol–water partition coefficient (Wildman–Crippen LogP) is 5.96. The average molecular weight is 383 g/mol. The summed E-state index contributed by atoms with van der Waals surface area (Å²) >= 11 is 3.44. The van der Waals surface area contributed by atoms with Gasteiger partial charge in [0.15, 0.2) is 5.82 Å². The third-order valence-electron chi connectivity index (χ3n) is 3.62. The van der Waals surface area contributed by atoms with Gasteiger partial charge in [0, 0.05) is 21.8 Å². The van der Waals surface area contributed by atoms with E-state index in [1.165, 1.54) is 5.56 Å². The van der Waals surface area contributed by atoms with E-state index in [9.17, 15) is 0 Å². The molecule has 0 fully saturated rings. The van der Waals surface area contributed by atoms with E-state index in [-0.39, 0.29) is 0 Å². The largest absolute Gasteiger partial charge is 0.439 e. The molecular formula is C20H19BrN2O. The first-order valence-corrected chi connectivity index (χ1v) is 8.82. The third-order valence-corrected chi connectivity index (χ3v) is 4.15. The standard InChI is InChI=1S/C20H19BrN2O/c1-3-4-15-5-11-18(12-6-15)24-19-13-14(2)22-20(23-19)16-7-9-17(21)10-8-16/h5-13H,3-4H2,1-2H3. The minimum Gasteiger partial charge on any atom is -0.439 e. The van der Waals surface area contributed by atoms with E-state index in [0.29, 0.717) is 11.7 Å². The van der Waals surface area contributed by atoms with Gasteiger partial charge in [-0.1, -0.05) is 53.5 Å². The molecule has 0 atom stereocenters. The number of halogens is 1. The van der Waals surface area contributed by atoms with Gasteiger partial charge >= 0.3 is 0 Å². The molecule has 1 aromatic heterocycles. The molecule has 0 N–H and O–H groups in total. The molecule has 0 amide bonds. The molecule has 0 radical (unpaired) electrons. The average Bonchev–Trinajstić information content (AvgIpc) is 2.57. The second kappa shape index (κ2) is 7.58. The van der Waals surface area contributed by atoms with Crippen molar-refractivity contribution in [2.24, 2.45) is 0 Å². The van der Waals surface area contributed by atoms with Gasteiger partial charge in [0.05, 0.1) is 0 Å². The number of aryl methyl sites for hydroxylation is 2. The van der Waals surface area contributed by atoms with Crippen LogP contribution in [0.15, 0.2) is 59.1 Å². The molecule has 3 aromatic rings. The lowest BCUT2D eigenvalue weighted by atomic mass is 10.1. The van der Waals surface area contributed by atoms with Crippen LogP contribution in [0.4, 0.5) is 0 Å². The monoisotopic (exact) mass is 382 g/mol. The summed E-state index contributed by atoms with van der Waals surface area (Å²) in [5, 5.41) is 0. The van der Waals surface area contributed by atoms with Crippen LogP contribution in [0.3, 0.4) is 0 Å². The SMILES string of the molecule is CCCc1ccc(Oc2cc(C)nc(-c3ccc(Br)cc3)n2)cc1. The van der Waals surface area contributed by atoms with Crippen LogP contribution in [0.25, 0.3) is 11.4 Å². The number of nitrogens with zero attached hydrogens (tertiary/aromatic N) is 2. The third kappa shape index (κ3) is 4.20. The Balaban J connectivity index is 1.84. The Bertz CT molecular complexity index is 814. The molecule has 0 saturated heterocycles. The Hall–Kier alpha value is -2.20. The van der Waals surface area contributed by atoms with Crippen molar-refractivity contribution in [3.05, 3.63) is 70.3 Å². The smallest absolute Gasteiger partial charge is 0.223 e. The molecule has 0 aliphatic rings. The maximum Gasteiger partial charge on any atom is 0.223 e. The van der Waals surface area contributed by atoms with Crippen LogP contribution in [0, 0.1) is 6.92 Å². The molecule has 0 aliphatic heterocycles. The number of hydrogen-bond acceptors (Lipinski definition) is 3. The Morgan fingerprint density at radius 1 is 0.958 bits per heavy atom. The van der Waals surface area contributed by atoms with Crippen LogP contribution in [0.2, 0.25) is 0 Å². The number of ether oxygens (including phenoxy) is 1. The van der Waals surface area contributed by atoms with Gasteiger partial charge in [0.25, 0.3) is 0 Å². The van der Waals surface area contributed by atoms with Crippen molar-refractivity contribution in [1.82, 2.24) is 9.97 Å². The maximum absolute atomic E-state index is 5.92. The van der Waals surface area contributed by atoms with Crippen molar-refractivity contribution in [3.8, 4) is 23.0 Å². The van der Waals surface area contributed by atoms with Crippen molar-refractivity contribution < 1.29 is 4.74 Å². The molecule has 2 aromatic carbocycles. The maximum atomic E-state index is 5.92. The Morgan fingerprint density at radius 2 is 1.67 bits per heavy atom. The summed E-state index contributed by atoms with van der Waals surface area (Å²) in [7, 11) is 0. The van der Waals surface area contributed by atoms with E-state index in [0.717, 1.165) is 34.3 Å². The van der Waals surface area contributed by atoms with E-state index in [1.807, 2.05) is 49.4 Å². The fraction of sp³-hybridized carbons (Fsp3) is 0.200. The zero-order chi connectivity index (χ0) is 16.9. The summed E-state index contributed by atoms with van der Waals surface area (Å²) in [6.45, 7) is 4.12. The molecule has 3 nitrogen and oxygen atoms in total. The number of aromatic nitrogens is 2. The Kier molecular flexibility index (Phi) is 5.26. The topological polar surface area (TPSA) is 35.0 Å². The number of benzene rings is 2. The molecule has 24 heavy (non-hydrogen) atoms. The summed E-state index contributed by atoms with van der Waals surface area (Å²) in [6.07, 6.45) is 2.22. The molecule has 0 unspecified atom stereocenters. The van der Waals surface area contributed by atoms with Crippen molar-refractivity contribution in [3.63, 3.8) is 0 Å². The van der Waals surface area contributed by atoms with E-state index in [4.69, 9.17) is 4.74 Å². The van der Waals surface area contributed by atoms with Gasteiger partial charge in [-0.15, -0.1) is 0 Å². The fourth-order valence-corrected chi connectivity index (χ4v) is 2.72. The molecule has 4 heteroatoms. The van der Waals surface area contributed by atoms with Gasteiger partial charge in [0.1, 0.15) is 5.75 Å². The Labute approximate surface area is 150 Å². The quantitative estimate of drug-likeness (QED) is 0.545. The summed E-state index contributed by atoms with van der Waals surface area (Å²) < 4.78 is 6.95. The normalized spacial score (nSPS) is 10.6. The first-order valence-electron chi connectivity index (χ1n) is 8.02.